The van der Waals surface area contributed by atoms with Crippen LogP contribution in [0, 0.1) is 29.1 Å². The van der Waals surface area contributed by atoms with E-state index in [4.69, 9.17) is 56.8 Å². The summed E-state index contributed by atoms with van der Waals surface area (Å²) >= 11 is 0. The highest BCUT2D eigenvalue weighted by molar-refractivity contribution is 5.79. The molecule has 1 aliphatic carbocycles. The fraction of sp³-hybridized carbons (Fsp3) is 0.574. The predicted octanol–water partition coefficient (Wildman–Crippen LogP) is 5.79. The molecule has 68 heavy (non-hydrogen) atoms. The van der Waals surface area contributed by atoms with Gasteiger partial charge in [0.1, 0.15) is 6.61 Å². The zero-order chi connectivity index (χ0) is 48.4. The first-order valence-electron chi connectivity index (χ1n) is 22.5. The smallest absolute Gasteiger partial charge is 0.407 e. The second-order valence-electron chi connectivity index (χ2n) is 14.5. The molecule has 0 spiro atoms. The van der Waals surface area contributed by atoms with Gasteiger partial charge in [0.15, 0.2) is 0 Å². The number of esters is 1. The van der Waals surface area contributed by atoms with Gasteiger partial charge in [-0.05, 0) is 28.7 Å². The largest absolute Gasteiger partial charge is 0.449 e. The Morgan fingerprint density at radius 3 is 1.13 bits per heavy atom. The monoisotopic (exact) mass is 975 g/mol. The molecule has 0 unspecified atom stereocenters. The number of hydrogen-bond donors (Lipinski definition) is 1. The van der Waals surface area contributed by atoms with Crippen molar-refractivity contribution in [3.8, 4) is 16.9 Å². The van der Waals surface area contributed by atoms with E-state index in [1.54, 1.807) is 0 Å². The summed E-state index contributed by atoms with van der Waals surface area (Å²) in [7, 11) is 0. The minimum atomic E-state index is -2.35. The zero-order valence-corrected chi connectivity index (χ0v) is 38.1. The molecule has 0 atom stereocenters. The molecule has 0 saturated carbocycles. The SMILES string of the molecule is O=C(CCOCCOCCOCCOCCOCCOCCOCCOCCOCCOCCOCCCNC(=O)OCC1c2ccccc2-c2ccccc21)Oc1c(F)c(F)c(F)c(F)c1F. The number of halogens is 5. The van der Waals surface area contributed by atoms with Crippen molar-refractivity contribution in [2.45, 2.75) is 18.8 Å². The fourth-order valence-electron chi connectivity index (χ4n) is 6.31. The van der Waals surface area contributed by atoms with Gasteiger partial charge in [-0.2, -0.15) is 8.78 Å². The van der Waals surface area contributed by atoms with E-state index in [0.717, 1.165) is 0 Å². The number of hydrogen-bond acceptors (Lipinski definition) is 15. The summed E-state index contributed by atoms with van der Waals surface area (Å²) in [4.78, 5) is 24.0. The molecule has 1 amide bonds. The van der Waals surface area contributed by atoms with Crippen LogP contribution in [0.1, 0.15) is 29.9 Å². The lowest BCUT2D eigenvalue weighted by molar-refractivity contribution is -0.136. The van der Waals surface area contributed by atoms with Crippen LogP contribution in [-0.2, 0) is 61.6 Å². The van der Waals surface area contributed by atoms with Crippen molar-refractivity contribution in [1.82, 2.24) is 5.32 Å². The molecule has 0 radical (unpaired) electrons. The van der Waals surface area contributed by atoms with Gasteiger partial charge in [0.05, 0.1) is 145 Å². The molecule has 0 aliphatic heterocycles. The Balaban J connectivity index is 0.772. The van der Waals surface area contributed by atoms with Crippen molar-refractivity contribution in [2.75, 3.05) is 159 Å². The van der Waals surface area contributed by atoms with E-state index in [9.17, 15) is 31.5 Å². The van der Waals surface area contributed by atoms with E-state index in [1.165, 1.54) is 22.3 Å². The number of carbonyl (C=O) groups is 2. The molecule has 0 fully saturated rings. The quantitative estimate of drug-likeness (QED) is 0.0182. The summed E-state index contributed by atoms with van der Waals surface area (Å²) in [5.41, 5.74) is 4.74. The van der Waals surface area contributed by atoms with Crippen LogP contribution in [-0.4, -0.2) is 171 Å². The highest BCUT2D eigenvalue weighted by atomic mass is 19.2. The molecule has 21 heteroatoms. The van der Waals surface area contributed by atoms with Crippen LogP contribution in [0.25, 0.3) is 11.1 Å². The molecule has 380 valence electrons. The summed E-state index contributed by atoms with van der Waals surface area (Å²) in [6.45, 7) is 8.57. The average Bonchev–Trinajstić information content (AvgIpc) is 3.67. The Hall–Kier alpha value is -4.39. The summed E-state index contributed by atoms with van der Waals surface area (Å²) in [5, 5.41) is 2.79. The number of carbonyl (C=O) groups excluding carboxylic acids is 2. The van der Waals surface area contributed by atoms with Gasteiger partial charge in [-0.25, -0.2) is 18.0 Å². The third-order valence-electron chi connectivity index (χ3n) is 9.63. The van der Waals surface area contributed by atoms with Crippen molar-refractivity contribution in [3.63, 3.8) is 0 Å². The topological polar surface area (TPSA) is 166 Å². The molecule has 0 aromatic heterocycles. The molecule has 16 nitrogen and oxygen atoms in total. The van der Waals surface area contributed by atoms with Crippen molar-refractivity contribution in [1.29, 1.82) is 0 Å². The van der Waals surface area contributed by atoms with Gasteiger partial charge in [0.25, 0.3) is 0 Å². The summed E-state index contributed by atoms with van der Waals surface area (Å²) in [6, 6.07) is 16.5. The Bertz CT molecular complexity index is 1810. The summed E-state index contributed by atoms with van der Waals surface area (Å²) < 4.78 is 136. The standard InChI is InChI=1S/C47H62F5NO15/c48-41-42(49)44(51)46(45(52)43(41)50)68-40(54)10-13-57-15-17-59-19-21-61-23-25-63-27-29-65-31-33-66-32-30-64-28-26-62-24-22-60-20-18-58-16-14-56-12-5-11-53-47(55)67-34-39-37-8-3-1-6-35(37)36-7-2-4-9-38(36)39/h1-4,6-9,39H,5,10-34H2,(H,53,55). The van der Waals surface area contributed by atoms with Crippen LogP contribution >= 0.6 is 0 Å². The summed E-state index contributed by atoms with van der Waals surface area (Å²) in [6.07, 6.45) is -0.269. The van der Waals surface area contributed by atoms with Gasteiger partial charge in [-0.3, -0.25) is 4.79 Å². The van der Waals surface area contributed by atoms with Crippen molar-refractivity contribution < 1.29 is 93.1 Å². The molecule has 0 bridgehead atoms. The molecule has 3 aromatic rings. The van der Waals surface area contributed by atoms with Crippen LogP contribution in [0.5, 0.6) is 5.75 Å². The molecular formula is C47H62F5NO15. The van der Waals surface area contributed by atoms with E-state index < -0.39 is 53.3 Å². The molecule has 1 aliphatic rings. The van der Waals surface area contributed by atoms with E-state index in [2.05, 4.69) is 34.3 Å². The third kappa shape index (κ3) is 21.5. The van der Waals surface area contributed by atoms with E-state index in [-0.39, 0.29) is 39.0 Å². The van der Waals surface area contributed by atoms with Crippen molar-refractivity contribution in [3.05, 3.63) is 88.7 Å². The maximum atomic E-state index is 13.6. The number of benzene rings is 3. The Morgan fingerprint density at radius 1 is 0.426 bits per heavy atom. The second kappa shape index (κ2) is 34.8. The molecule has 1 N–H and O–H groups in total. The normalized spacial score (nSPS) is 12.1. The van der Waals surface area contributed by atoms with Gasteiger partial charge in [0.2, 0.25) is 34.8 Å². The van der Waals surface area contributed by atoms with Gasteiger partial charge in [-0.1, -0.05) is 48.5 Å². The van der Waals surface area contributed by atoms with E-state index in [1.807, 2.05) is 24.3 Å². The molecule has 4 rings (SSSR count). The van der Waals surface area contributed by atoms with Crippen molar-refractivity contribution >= 4 is 12.1 Å². The Morgan fingerprint density at radius 2 is 0.750 bits per heavy atom. The first-order chi connectivity index (χ1) is 33.3. The Kier molecular flexibility index (Phi) is 28.8. The fourth-order valence-corrected chi connectivity index (χ4v) is 6.31. The second-order valence-corrected chi connectivity index (χ2v) is 14.5. The first-order valence-corrected chi connectivity index (χ1v) is 22.5. The maximum absolute atomic E-state index is 13.6. The summed E-state index contributed by atoms with van der Waals surface area (Å²) in [5.74, 6) is -14.1. The van der Waals surface area contributed by atoms with Crippen LogP contribution in [0.2, 0.25) is 0 Å². The zero-order valence-electron chi connectivity index (χ0n) is 38.1. The van der Waals surface area contributed by atoms with Crippen molar-refractivity contribution in [2.24, 2.45) is 0 Å². The number of alkyl carbamates (subject to hydrolysis) is 1. The van der Waals surface area contributed by atoms with Crippen LogP contribution in [0.3, 0.4) is 0 Å². The molecule has 0 saturated heterocycles. The predicted molar refractivity (Wildman–Crippen MR) is 233 cm³/mol. The van der Waals surface area contributed by atoms with Gasteiger partial charge >= 0.3 is 12.1 Å². The van der Waals surface area contributed by atoms with E-state index >= 15 is 0 Å². The maximum Gasteiger partial charge on any atom is 0.407 e. The van der Waals surface area contributed by atoms with Gasteiger partial charge < -0.3 is 66.9 Å². The Labute approximate surface area is 392 Å². The third-order valence-corrected chi connectivity index (χ3v) is 9.63. The van der Waals surface area contributed by atoms with Crippen LogP contribution < -0.4 is 10.1 Å². The molecule has 3 aromatic carbocycles. The number of fused-ring (bicyclic) bond motifs is 3. The molecule has 0 heterocycles. The minimum Gasteiger partial charge on any atom is -0.449 e. The van der Waals surface area contributed by atoms with E-state index in [0.29, 0.717) is 132 Å². The van der Waals surface area contributed by atoms with Gasteiger partial charge in [-0.15, -0.1) is 0 Å². The number of ether oxygens (including phenoxy) is 13. The highest BCUT2D eigenvalue weighted by Gasteiger charge is 2.30. The lowest BCUT2D eigenvalue weighted by Crippen LogP contribution is -2.27. The number of rotatable bonds is 40. The number of nitrogens with one attached hydrogen (secondary N) is 1. The lowest BCUT2D eigenvalue weighted by Gasteiger charge is -2.14. The average molecular weight is 976 g/mol. The molecular weight excluding hydrogens is 913 g/mol. The van der Waals surface area contributed by atoms with Gasteiger partial charge in [0, 0.05) is 19.1 Å². The highest BCUT2D eigenvalue weighted by Crippen LogP contribution is 2.44. The minimum absolute atomic E-state index is 0.0297. The first kappa shape index (κ1) is 56.2. The van der Waals surface area contributed by atoms with Crippen LogP contribution in [0.4, 0.5) is 26.7 Å². The van der Waals surface area contributed by atoms with Crippen LogP contribution in [0.15, 0.2) is 48.5 Å². The lowest BCUT2D eigenvalue weighted by atomic mass is 9.98. The number of amides is 1.